The lowest BCUT2D eigenvalue weighted by Gasteiger charge is -1.99. The van der Waals surface area contributed by atoms with Crippen molar-refractivity contribution in [1.29, 1.82) is 0 Å². The maximum absolute atomic E-state index is 12.4. The zero-order chi connectivity index (χ0) is 14.1. The number of rotatable bonds is 3. The van der Waals surface area contributed by atoms with Crippen molar-refractivity contribution in [3.8, 4) is 0 Å². The van der Waals surface area contributed by atoms with Crippen molar-refractivity contribution >= 4 is 16.9 Å². The van der Waals surface area contributed by atoms with Crippen molar-refractivity contribution in [2.24, 2.45) is 0 Å². The second kappa shape index (κ2) is 4.93. The molecule has 0 fully saturated rings. The van der Waals surface area contributed by atoms with Crippen LogP contribution >= 0.6 is 0 Å². The van der Waals surface area contributed by atoms with Gasteiger partial charge in [-0.1, -0.05) is 31.2 Å². The number of fused-ring (bicyclic) bond motifs is 1. The smallest absolute Gasteiger partial charge is 0.228 e. The summed E-state index contributed by atoms with van der Waals surface area (Å²) in [7, 11) is 0. The van der Waals surface area contributed by atoms with Crippen molar-refractivity contribution in [1.82, 2.24) is 4.98 Å². The number of aryl methyl sites for hydroxylation is 2. The minimum Gasteiger partial charge on any atom is -0.451 e. The van der Waals surface area contributed by atoms with Crippen LogP contribution in [0.3, 0.4) is 0 Å². The summed E-state index contributed by atoms with van der Waals surface area (Å²) in [5, 5.41) is 0. The van der Waals surface area contributed by atoms with Crippen molar-refractivity contribution in [3.05, 3.63) is 65.0 Å². The Hall–Kier alpha value is -2.42. The Balaban J connectivity index is 1.98. The molecule has 3 rings (SSSR count). The van der Waals surface area contributed by atoms with Gasteiger partial charge in [0.05, 0.1) is 0 Å². The van der Waals surface area contributed by atoms with Crippen LogP contribution in [0, 0.1) is 6.92 Å². The molecule has 20 heavy (non-hydrogen) atoms. The molecule has 100 valence electrons. The highest BCUT2D eigenvalue weighted by Gasteiger charge is 2.15. The summed E-state index contributed by atoms with van der Waals surface area (Å²) in [6.45, 7) is 4.00. The molecule has 3 nitrogen and oxygen atoms in total. The second-order valence-corrected chi connectivity index (χ2v) is 4.83. The molecule has 2 aromatic heterocycles. The van der Waals surface area contributed by atoms with Crippen LogP contribution in [-0.2, 0) is 6.42 Å². The Morgan fingerprint density at radius 1 is 1.15 bits per heavy atom. The Bertz CT molecular complexity index is 769. The van der Waals surface area contributed by atoms with Crippen LogP contribution in [0.15, 0.2) is 46.9 Å². The molecule has 0 radical (unpaired) electrons. The maximum Gasteiger partial charge on any atom is 0.228 e. The molecular formula is C17H15NO2. The molecule has 0 amide bonds. The van der Waals surface area contributed by atoms with Crippen molar-refractivity contribution in [3.63, 3.8) is 0 Å². The van der Waals surface area contributed by atoms with E-state index in [2.05, 4.69) is 11.9 Å². The van der Waals surface area contributed by atoms with E-state index in [0.717, 1.165) is 17.6 Å². The fourth-order valence-electron chi connectivity index (χ4n) is 2.17. The van der Waals surface area contributed by atoms with E-state index in [0.29, 0.717) is 16.9 Å². The number of hydrogen-bond donors (Lipinski definition) is 0. The predicted molar refractivity (Wildman–Crippen MR) is 78.0 cm³/mol. The Morgan fingerprint density at radius 3 is 2.60 bits per heavy atom. The van der Waals surface area contributed by atoms with Crippen LogP contribution < -0.4 is 0 Å². The van der Waals surface area contributed by atoms with Gasteiger partial charge >= 0.3 is 0 Å². The fraction of sp³-hybridized carbons (Fsp3) is 0.176. The third kappa shape index (κ3) is 2.23. The summed E-state index contributed by atoms with van der Waals surface area (Å²) in [6.07, 6.45) is 0.961. The maximum atomic E-state index is 12.4. The average Bonchev–Trinajstić information content (AvgIpc) is 2.89. The van der Waals surface area contributed by atoms with E-state index in [1.54, 1.807) is 6.07 Å². The van der Waals surface area contributed by atoms with Gasteiger partial charge in [-0.2, -0.15) is 0 Å². The van der Waals surface area contributed by atoms with Crippen molar-refractivity contribution < 1.29 is 9.21 Å². The summed E-state index contributed by atoms with van der Waals surface area (Å²) in [5.41, 5.74) is 4.12. The standard InChI is InChI=1S/C17H15NO2/c1-3-12-5-7-13(8-6-12)17(19)16-10-14-15(20-16)9-4-11(2)18-14/h4-10H,3H2,1-2H3. The van der Waals surface area contributed by atoms with Gasteiger partial charge in [-0.05, 0) is 31.0 Å². The van der Waals surface area contributed by atoms with Gasteiger partial charge in [0, 0.05) is 17.3 Å². The molecule has 0 spiro atoms. The molecule has 0 aliphatic carbocycles. The SMILES string of the molecule is CCc1ccc(C(=O)c2cc3nc(C)ccc3o2)cc1. The summed E-state index contributed by atoms with van der Waals surface area (Å²) in [4.78, 5) is 16.7. The fourth-order valence-corrected chi connectivity index (χ4v) is 2.17. The number of carbonyl (C=O) groups excluding carboxylic acids is 1. The summed E-state index contributed by atoms with van der Waals surface area (Å²) < 4.78 is 5.58. The number of ketones is 1. The first-order valence-electron chi connectivity index (χ1n) is 6.68. The van der Waals surface area contributed by atoms with Gasteiger partial charge in [0.25, 0.3) is 0 Å². The van der Waals surface area contributed by atoms with Gasteiger partial charge in [0.2, 0.25) is 5.78 Å². The molecule has 2 heterocycles. The molecule has 3 aromatic rings. The van der Waals surface area contributed by atoms with E-state index in [1.165, 1.54) is 5.56 Å². The van der Waals surface area contributed by atoms with Gasteiger partial charge in [-0.25, -0.2) is 4.98 Å². The van der Waals surface area contributed by atoms with Crippen LogP contribution in [0.2, 0.25) is 0 Å². The molecule has 0 N–H and O–H groups in total. The van der Waals surface area contributed by atoms with E-state index >= 15 is 0 Å². The van der Waals surface area contributed by atoms with Gasteiger partial charge in [0.1, 0.15) is 5.52 Å². The third-order valence-electron chi connectivity index (χ3n) is 3.36. The second-order valence-electron chi connectivity index (χ2n) is 4.83. The molecule has 0 bridgehead atoms. The van der Waals surface area contributed by atoms with Crippen LogP contribution in [0.4, 0.5) is 0 Å². The molecular weight excluding hydrogens is 250 g/mol. The number of nitrogens with zero attached hydrogens (tertiary/aromatic N) is 1. The van der Waals surface area contributed by atoms with Gasteiger partial charge in [-0.15, -0.1) is 0 Å². The molecule has 0 saturated carbocycles. The molecule has 1 aromatic carbocycles. The van der Waals surface area contributed by atoms with E-state index in [9.17, 15) is 4.79 Å². The van der Waals surface area contributed by atoms with Crippen LogP contribution in [-0.4, -0.2) is 10.8 Å². The van der Waals surface area contributed by atoms with Crippen LogP contribution in [0.5, 0.6) is 0 Å². The lowest BCUT2D eigenvalue weighted by molar-refractivity contribution is 0.101. The number of carbonyl (C=O) groups is 1. The van der Waals surface area contributed by atoms with E-state index in [-0.39, 0.29) is 5.78 Å². The minimum absolute atomic E-state index is 0.108. The van der Waals surface area contributed by atoms with Crippen molar-refractivity contribution in [2.75, 3.05) is 0 Å². The quantitative estimate of drug-likeness (QED) is 0.674. The highest BCUT2D eigenvalue weighted by Crippen LogP contribution is 2.20. The zero-order valence-electron chi connectivity index (χ0n) is 11.5. The van der Waals surface area contributed by atoms with E-state index < -0.39 is 0 Å². The predicted octanol–water partition coefficient (Wildman–Crippen LogP) is 3.93. The van der Waals surface area contributed by atoms with E-state index in [4.69, 9.17) is 4.42 Å². The number of hydrogen-bond acceptors (Lipinski definition) is 3. The first-order valence-corrected chi connectivity index (χ1v) is 6.68. The van der Waals surface area contributed by atoms with Crippen molar-refractivity contribution in [2.45, 2.75) is 20.3 Å². The molecule has 0 atom stereocenters. The van der Waals surface area contributed by atoms with Gasteiger partial charge < -0.3 is 4.42 Å². The average molecular weight is 265 g/mol. The van der Waals surface area contributed by atoms with Crippen LogP contribution in [0.1, 0.15) is 34.3 Å². The number of furan rings is 1. The first kappa shape index (κ1) is 12.6. The van der Waals surface area contributed by atoms with E-state index in [1.807, 2.05) is 43.3 Å². The highest BCUT2D eigenvalue weighted by atomic mass is 16.3. The van der Waals surface area contributed by atoms with Crippen LogP contribution in [0.25, 0.3) is 11.1 Å². The topological polar surface area (TPSA) is 43.1 Å². The molecule has 3 heteroatoms. The number of benzene rings is 1. The Morgan fingerprint density at radius 2 is 1.90 bits per heavy atom. The van der Waals surface area contributed by atoms with Gasteiger partial charge in [0.15, 0.2) is 11.3 Å². The lowest BCUT2D eigenvalue weighted by Crippen LogP contribution is -1.99. The largest absolute Gasteiger partial charge is 0.451 e. The Kier molecular flexibility index (Phi) is 3.11. The number of aromatic nitrogens is 1. The lowest BCUT2D eigenvalue weighted by atomic mass is 10.1. The molecule has 0 unspecified atom stereocenters. The zero-order valence-corrected chi connectivity index (χ0v) is 11.5. The normalized spacial score (nSPS) is 10.9. The summed E-state index contributed by atoms with van der Waals surface area (Å²) in [5.74, 6) is 0.227. The third-order valence-corrected chi connectivity index (χ3v) is 3.36. The minimum atomic E-state index is -0.108. The summed E-state index contributed by atoms with van der Waals surface area (Å²) >= 11 is 0. The monoisotopic (exact) mass is 265 g/mol. The highest BCUT2D eigenvalue weighted by molar-refractivity contribution is 6.08. The molecule has 0 aliphatic heterocycles. The number of pyridine rings is 1. The van der Waals surface area contributed by atoms with Gasteiger partial charge in [-0.3, -0.25) is 4.79 Å². The Labute approximate surface area is 117 Å². The molecule has 0 aliphatic rings. The summed E-state index contributed by atoms with van der Waals surface area (Å²) in [6, 6.07) is 13.0. The molecule has 0 saturated heterocycles. The first-order chi connectivity index (χ1) is 9.67.